The number of ketones is 1. The van der Waals surface area contributed by atoms with Gasteiger partial charge in [0.25, 0.3) is 11.7 Å². The minimum Gasteiger partial charge on any atom is -0.508 e. The first-order chi connectivity index (χ1) is 14.8. The Bertz CT molecular complexity index is 1210. The molecule has 31 heavy (non-hydrogen) atoms. The van der Waals surface area contributed by atoms with Crippen LogP contribution in [-0.2, 0) is 9.59 Å². The van der Waals surface area contributed by atoms with Gasteiger partial charge in [0.1, 0.15) is 11.5 Å². The van der Waals surface area contributed by atoms with Crippen LogP contribution >= 0.6 is 15.9 Å². The monoisotopic (exact) mass is 477 g/mol. The summed E-state index contributed by atoms with van der Waals surface area (Å²) in [4.78, 5) is 27.8. The maximum absolute atomic E-state index is 13.2. The molecule has 0 bridgehead atoms. The van der Waals surface area contributed by atoms with E-state index in [1.54, 1.807) is 36.4 Å². The highest BCUT2D eigenvalue weighted by molar-refractivity contribution is 9.10. The normalized spacial score (nSPS) is 17.9. The number of hydrogen-bond donors (Lipinski definition) is 2. The number of carbonyl (C=O) groups excluding carboxylic acids is 2. The third kappa shape index (κ3) is 3.75. The van der Waals surface area contributed by atoms with E-state index in [2.05, 4.69) is 15.9 Å². The van der Waals surface area contributed by atoms with Crippen molar-refractivity contribution in [2.75, 3.05) is 4.90 Å². The van der Waals surface area contributed by atoms with Crippen LogP contribution in [0.3, 0.4) is 0 Å². The van der Waals surface area contributed by atoms with Crippen molar-refractivity contribution in [1.29, 1.82) is 0 Å². The number of amides is 1. The van der Waals surface area contributed by atoms with Gasteiger partial charge in [0.2, 0.25) is 0 Å². The number of Topliss-reactive ketones (excluding diaryl/α,β-unsaturated/α-hetero) is 1. The van der Waals surface area contributed by atoms with Gasteiger partial charge in [-0.05, 0) is 60.9 Å². The Morgan fingerprint density at radius 1 is 0.935 bits per heavy atom. The fourth-order valence-electron chi connectivity index (χ4n) is 3.80. The molecular formula is C25H20BrNO4. The molecule has 0 aliphatic carbocycles. The van der Waals surface area contributed by atoms with Crippen molar-refractivity contribution in [3.05, 3.63) is 99.0 Å². The van der Waals surface area contributed by atoms with Gasteiger partial charge in [-0.3, -0.25) is 14.5 Å². The van der Waals surface area contributed by atoms with Gasteiger partial charge in [0, 0.05) is 15.7 Å². The van der Waals surface area contributed by atoms with Gasteiger partial charge in [-0.2, -0.15) is 0 Å². The second-order valence-corrected chi connectivity index (χ2v) is 8.47. The number of carbonyl (C=O) groups is 2. The molecule has 0 aromatic heterocycles. The second kappa shape index (κ2) is 8.04. The lowest BCUT2D eigenvalue weighted by Gasteiger charge is -2.27. The van der Waals surface area contributed by atoms with E-state index in [0.29, 0.717) is 16.8 Å². The Labute approximate surface area is 188 Å². The standard InChI is InChI=1S/C25H20BrNO4/c1-14-3-4-15(2)20(13-14)27-22(16-7-11-19(28)12-8-16)21(24(30)25(27)31)23(29)17-5-9-18(26)10-6-17/h3-13,22,28-29H,1-2H3/b23-21+. The first-order valence-electron chi connectivity index (χ1n) is 9.71. The lowest BCUT2D eigenvalue weighted by Crippen LogP contribution is -2.30. The number of aliphatic hydroxyl groups is 1. The Hall–Kier alpha value is -3.38. The molecule has 1 heterocycles. The van der Waals surface area contributed by atoms with Gasteiger partial charge in [-0.1, -0.05) is 52.3 Å². The highest BCUT2D eigenvalue weighted by Gasteiger charge is 2.47. The van der Waals surface area contributed by atoms with Gasteiger partial charge >= 0.3 is 0 Å². The minimum atomic E-state index is -0.829. The fourth-order valence-corrected chi connectivity index (χ4v) is 4.06. The van der Waals surface area contributed by atoms with Crippen LogP contribution in [0.25, 0.3) is 5.76 Å². The van der Waals surface area contributed by atoms with Crippen molar-refractivity contribution in [2.24, 2.45) is 0 Å². The smallest absolute Gasteiger partial charge is 0.300 e. The molecular weight excluding hydrogens is 458 g/mol. The molecule has 6 heteroatoms. The SMILES string of the molecule is Cc1ccc(C)c(N2C(=O)C(=O)/C(=C(/O)c3ccc(Br)cc3)C2c2ccc(O)cc2)c1. The molecule has 1 aliphatic rings. The van der Waals surface area contributed by atoms with Crippen LogP contribution in [0.4, 0.5) is 5.69 Å². The lowest BCUT2D eigenvalue weighted by atomic mass is 9.94. The molecule has 0 radical (unpaired) electrons. The summed E-state index contributed by atoms with van der Waals surface area (Å²) in [5.41, 5.74) is 3.44. The zero-order valence-corrected chi connectivity index (χ0v) is 18.6. The summed E-state index contributed by atoms with van der Waals surface area (Å²) in [6.07, 6.45) is 0. The summed E-state index contributed by atoms with van der Waals surface area (Å²) in [6, 6.07) is 18.0. The highest BCUT2D eigenvalue weighted by atomic mass is 79.9. The van der Waals surface area contributed by atoms with E-state index in [-0.39, 0.29) is 17.1 Å². The maximum Gasteiger partial charge on any atom is 0.300 e. The van der Waals surface area contributed by atoms with Crippen LogP contribution in [0.15, 0.2) is 76.8 Å². The van der Waals surface area contributed by atoms with Gasteiger partial charge in [0.05, 0.1) is 11.6 Å². The molecule has 1 aliphatic heterocycles. The summed E-state index contributed by atoms with van der Waals surface area (Å²) in [5.74, 6) is -1.62. The number of halogens is 1. The van der Waals surface area contributed by atoms with Crippen LogP contribution < -0.4 is 4.90 Å². The number of aromatic hydroxyl groups is 1. The first kappa shape index (κ1) is 20.9. The van der Waals surface area contributed by atoms with Crippen LogP contribution in [-0.4, -0.2) is 21.9 Å². The number of hydrogen-bond acceptors (Lipinski definition) is 4. The average Bonchev–Trinajstić information content (AvgIpc) is 3.01. The molecule has 4 rings (SSSR count). The van der Waals surface area contributed by atoms with Crippen molar-refractivity contribution >= 4 is 39.1 Å². The number of anilines is 1. The molecule has 3 aromatic carbocycles. The second-order valence-electron chi connectivity index (χ2n) is 7.56. The maximum atomic E-state index is 13.2. The summed E-state index contributed by atoms with van der Waals surface area (Å²) >= 11 is 3.36. The zero-order valence-electron chi connectivity index (χ0n) is 17.0. The van der Waals surface area contributed by atoms with E-state index >= 15 is 0 Å². The quantitative estimate of drug-likeness (QED) is 0.300. The van der Waals surface area contributed by atoms with E-state index < -0.39 is 17.7 Å². The van der Waals surface area contributed by atoms with Crippen molar-refractivity contribution in [3.63, 3.8) is 0 Å². The van der Waals surface area contributed by atoms with Crippen molar-refractivity contribution in [1.82, 2.24) is 0 Å². The third-order valence-electron chi connectivity index (χ3n) is 5.40. The third-order valence-corrected chi connectivity index (χ3v) is 5.92. The van der Waals surface area contributed by atoms with Crippen molar-refractivity contribution < 1.29 is 19.8 Å². The molecule has 1 fully saturated rings. The fraction of sp³-hybridized carbons (Fsp3) is 0.120. The lowest BCUT2D eigenvalue weighted by molar-refractivity contribution is -0.132. The molecule has 2 N–H and O–H groups in total. The Kier molecular flexibility index (Phi) is 5.41. The predicted octanol–water partition coefficient (Wildman–Crippen LogP) is 5.40. The zero-order chi connectivity index (χ0) is 22.3. The topological polar surface area (TPSA) is 77.8 Å². The molecule has 1 atom stereocenters. The summed E-state index contributed by atoms with van der Waals surface area (Å²) < 4.78 is 0.829. The average molecular weight is 478 g/mol. The first-order valence-corrected chi connectivity index (χ1v) is 10.5. The molecule has 5 nitrogen and oxygen atoms in total. The van der Waals surface area contributed by atoms with Crippen LogP contribution in [0, 0.1) is 13.8 Å². The highest BCUT2D eigenvalue weighted by Crippen LogP contribution is 2.43. The summed E-state index contributed by atoms with van der Waals surface area (Å²) in [6.45, 7) is 3.79. The van der Waals surface area contributed by atoms with Crippen molar-refractivity contribution in [2.45, 2.75) is 19.9 Å². The molecule has 3 aromatic rings. The van der Waals surface area contributed by atoms with E-state index in [9.17, 15) is 19.8 Å². The summed E-state index contributed by atoms with van der Waals surface area (Å²) in [5, 5.41) is 20.8. The van der Waals surface area contributed by atoms with E-state index in [0.717, 1.165) is 15.6 Å². The number of benzene rings is 3. The Morgan fingerprint density at radius 2 is 1.58 bits per heavy atom. The number of phenols is 1. The minimum absolute atomic E-state index is 0.0129. The Morgan fingerprint density at radius 3 is 2.23 bits per heavy atom. The van der Waals surface area contributed by atoms with Gasteiger partial charge in [0.15, 0.2) is 0 Å². The van der Waals surface area contributed by atoms with E-state index in [1.165, 1.54) is 17.0 Å². The molecule has 156 valence electrons. The molecule has 1 amide bonds. The van der Waals surface area contributed by atoms with Crippen LogP contribution in [0.5, 0.6) is 5.75 Å². The number of aryl methyl sites for hydroxylation is 2. The number of nitrogens with zero attached hydrogens (tertiary/aromatic N) is 1. The largest absolute Gasteiger partial charge is 0.508 e. The molecule has 1 unspecified atom stereocenters. The van der Waals surface area contributed by atoms with Crippen LogP contribution in [0.2, 0.25) is 0 Å². The van der Waals surface area contributed by atoms with E-state index in [4.69, 9.17) is 0 Å². The molecule has 0 spiro atoms. The van der Waals surface area contributed by atoms with Gasteiger partial charge < -0.3 is 10.2 Å². The number of phenolic OH excluding ortho intramolecular Hbond substituents is 1. The van der Waals surface area contributed by atoms with Gasteiger partial charge in [-0.25, -0.2) is 0 Å². The number of rotatable bonds is 3. The predicted molar refractivity (Wildman–Crippen MR) is 123 cm³/mol. The number of aliphatic hydroxyl groups excluding tert-OH is 1. The Balaban J connectivity index is 1.97. The summed E-state index contributed by atoms with van der Waals surface area (Å²) in [7, 11) is 0. The van der Waals surface area contributed by atoms with E-state index in [1.807, 2.05) is 32.0 Å². The molecule has 1 saturated heterocycles. The van der Waals surface area contributed by atoms with Gasteiger partial charge in [-0.15, -0.1) is 0 Å². The van der Waals surface area contributed by atoms with Crippen LogP contribution in [0.1, 0.15) is 28.3 Å². The molecule has 0 saturated carbocycles. The van der Waals surface area contributed by atoms with Crippen molar-refractivity contribution in [3.8, 4) is 5.75 Å².